The molecule has 1 aliphatic heterocycles. The van der Waals surface area contributed by atoms with Gasteiger partial charge < -0.3 is 20.5 Å². The predicted molar refractivity (Wildman–Crippen MR) is 120 cm³/mol. The summed E-state index contributed by atoms with van der Waals surface area (Å²) in [5.74, 6) is 2.13. The summed E-state index contributed by atoms with van der Waals surface area (Å²) in [5, 5.41) is 19.1. The first kappa shape index (κ1) is 20.6. The first-order chi connectivity index (χ1) is 14.4. The number of ether oxygens (including phenoxy) is 1. The number of piperidine rings is 1. The average molecular weight is 407 g/mol. The minimum atomic E-state index is -0.922. The Bertz CT molecular complexity index is 1060. The van der Waals surface area contributed by atoms with Crippen LogP contribution < -0.4 is 15.4 Å². The maximum Gasteiger partial charge on any atom is 0.138 e. The summed E-state index contributed by atoms with van der Waals surface area (Å²) in [7, 11) is 1.64. The molecule has 3 N–H and O–H groups in total. The Morgan fingerprint density at radius 3 is 2.60 bits per heavy atom. The number of benzene rings is 2. The molecule has 1 atom stereocenters. The zero-order valence-corrected chi connectivity index (χ0v) is 18.1. The van der Waals surface area contributed by atoms with Crippen molar-refractivity contribution >= 4 is 16.7 Å². The number of hydrogen-bond acceptors (Lipinski definition) is 6. The molecule has 1 saturated heterocycles. The van der Waals surface area contributed by atoms with E-state index in [4.69, 9.17) is 9.72 Å². The van der Waals surface area contributed by atoms with E-state index in [0.717, 1.165) is 35.4 Å². The number of fused-ring (bicyclic) bond motifs is 1. The van der Waals surface area contributed by atoms with Crippen molar-refractivity contribution in [2.24, 2.45) is 0 Å². The fourth-order valence-corrected chi connectivity index (χ4v) is 4.25. The van der Waals surface area contributed by atoms with Crippen LogP contribution in [0.2, 0.25) is 0 Å². The largest absolute Gasteiger partial charge is 0.496 e. The Balaban J connectivity index is 1.80. The second-order valence-corrected chi connectivity index (χ2v) is 8.25. The lowest BCUT2D eigenvalue weighted by Gasteiger charge is -2.34. The number of aryl methyl sites for hydroxylation is 2. The summed E-state index contributed by atoms with van der Waals surface area (Å²) in [4.78, 5) is 9.32. The molecule has 0 saturated carbocycles. The maximum absolute atomic E-state index is 11.4. The van der Waals surface area contributed by atoms with E-state index in [1.807, 2.05) is 19.1 Å². The number of methoxy groups -OCH3 is 1. The molecule has 1 aromatic heterocycles. The molecule has 0 amide bonds. The number of hydrogen-bond donors (Lipinski definition) is 3. The van der Waals surface area contributed by atoms with Gasteiger partial charge in [0.1, 0.15) is 17.4 Å². The highest BCUT2D eigenvalue weighted by molar-refractivity contribution is 5.91. The highest BCUT2D eigenvalue weighted by atomic mass is 16.5. The van der Waals surface area contributed by atoms with Crippen LogP contribution in [0.15, 0.2) is 36.4 Å². The van der Waals surface area contributed by atoms with Crippen molar-refractivity contribution in [2.45, 2.75) is 45.3 Å². The molecular formula is C24H30N4O2. The minimum absolute atomic E-state index is 0.0786. The monoisotopic (exact) mass is 406 g/mol. The van der Waals surface area contributed by atoms with Gasteiger partial charge in [-0.3, -0.25) is 0 Å². The van der Waals surface area contributed by atoms with E-state index in [1.54, 1.807) is 7.11 Å². The summed E-state index contributed by atoms with van der Waals surface area (Å²) in [6.07, 6.45) is 1.29. The molecule has 30 heavy (non-hydrogen) atoms. The Morgan fingerprint density at radius 1 is 1.13 bits per heavy atom. The normalized spacial score (nSPS) is 17.0. The lowest BCUT2D eigenvalue weighted by molar-refractivity contribution is 0.00406. The Labute approximate surface area is 177 Å². The Kier molecular flexibility index (Phi) is 5.62. The van der Waals surface area contributed by atoms with E-state index in [9.17, 15) is 5.11 Å². The third kappa shape index (κ3) is 3.98. The fourth-order valence-electron chi connectivity index (χ4n) is 4.25. The van der Waals surface area contributed by atoms with Crippen molar-refractivity contribution in [3.05, 3.63) is 58.9 Å². The van der Waals surface area contributed by atoms with Crippen LogP contribution in [0.1, 0.15) is 48.3 Å². The topological polar surface area (TPSA) is 79.3 Å². The highest BCUT2D eigenvalue weighted by Crippen LogP contribution is 2.40. The lowest BCUT2D eigenvalue weighted by atomic mass is 9.84. The number of nitrogens with zero attached hydrogens (tertiary/aromatic N) is 2. The highest BCUT2D eigenvalue weighted by Gasteiger charge is 2.34. The molecule has 4 rings (SSSR count). The molecule has 0 bridgehead atoms. The molecule has 0 radical (unpaired) electrons. The van der Waals surface area contributed by atoms with Crippen molar-refractivity contribution in [1.29, 1.82) is 0 Å². The van der Waals surface area contributed by atoms with E-state index in [2.05, 4.69) is 53.7 Å². The maximum atomic E-state index is 11.4. The SMILES string of the molecule is COc1cc2nc(C)nc(N[C@H](C)c3cccc(C)c3)c2cc1C1(O)CCNCC1. The number of aromatic nitrogens is 2. The molecule has 6 nitrogen and oxygen atoms in total. The van der Waals surface area contributed by atoms with Crippen LogP contribution in [0.3, 0.4) is 0 Å². The van der Waals surface area contributed by atoms with Crippen molar-refractivity contribution in [3.8, 4) is 5.75 Å². The van der Waals surface area contributed by atoms with Crippen LogP contribution in [0.5, 0.6) is 5.75 Å². The zero-order chi connectivity index (χ0) is 21.3. The van der Waals surface area contributed by atoms with E-state index in [0.29, 0.717) is 24.4 Å². The van der Waals surface area contributed by atoms with E-state index < -0.39 is 5.60 Å². The van der Waals surface area contributed by atoms with Crippen LogP contribution >= 0.6 is 0 Å². The van der Waals surface area contributed by atoms with Gasteiger partial charge in [-0.15, -0.1) is 0 Å². The first-order valence-corrected chi connectivity index (χ1v) is 10.5. The predicted octanol–water partition coefficient (Wildman–Crippen LogP) is 4.00. The second-order valence-electron chi connectivity index (χ2n) is 8.25. The standard InChI is InChI=1S/C24H30N4O2/c1-15-6-5-7-18(12-15)16(2)26-23-19-13-20(24(29)8-10-25-11-9-24)22(30-4)14-21(19)27-17(3)28-23/h5-7,12-14,16,25,29H,8-11H2,1-4H3,(H,26,27,28)/t16-/m1/s1. The van der Waals surface area contributed by atoms with Crippen LogP contribution in [0, 0.1) is 13.8 Å². The summed E-state index contributed by atoms with van der Waals surface area (Å²) in [5.41, 5.74) is 3.11. The third-order valence-electron chi connectivity index (χ3n) is 5.96. The van der Waals surface area contributed by atoms with Crippen LogP contribution in [0.25, 0.3) is 10.9 Å². The van der Waals surface area contributed by atoms with E-state index in [1.165, 1.54) is 11.1 Å². The molecule has 3 aromatic rings. The number of aliphatic hydroxyl groups is 1. The molecule has 1 fully saturated rings. The van der Waals surface area contributed by atoms with Crippen LogP contribution in [0.4, 0.5) is 5.82 Å². The minimum Gasteiger partial charge on any atom is -0.496 e. The summed E-state index contributed by atoms with van der Waals surface area (Å²) in [6.45, 7) is 7.67. The number of rotatable bonds is 5. The number of nitrogens with one attached hydrogen (secondary N) is 2. The van der Waals surface area contributed by atoms with Gasteiger partial charge in [-0.2, -0.15) is 0 Å². The van der Waals surface area contributed by atoms with Crippen molar-refractivity contribution in [3.63, 3.8) is 0 Å². The Morgan fingerprint density at radius 2 is 1.90 bits per heavy atom. The van der Waals surface area contributed by atoms with Gasteiger partial charge >= 0.3 is 0 Å². The lowest BCUT2D eigenvalue weighted by Crippen LogP contribution is -2.39. The molecule has 0 spiro atoms. The van der Waals surface area contributed by atoms with Gasteiger partial charge in [0.25, 0.3) is 0 Å². The van der Waals surface area contributed by atoms with Crippen molar-refractivity contribution in [1.82, 2.24) is 15.3 Å². The summed E-state index contributed by atoms with van der Waals surface area (Å²) < 4.78 is 5.65. The molecule has 2 heterocycles. The third-order valence-corrected chi connectivity index (χ3v) is 5.96. The molecule has 2 aromatic carbocycles. The van der Waals surface area contributed by atoms with Gasteiger partial charge in [-0.1, -0.05) is 29.8 Å². The molecule has 6 heteroatoms. The first-order valence-electron chi connectivity index (χ1n) is 10.5. The van der Waals surface area contributed by atoms with Gasteiger partial charge in [0.2, 0.25) is 0 Å². The van der Waals surface area contributed by atoms with Crippen LogP contribution in [-0.2, 0) is 5.60 Å². The molecular weight excluding hydrogens is 376 g/mol. The summed E-state index contributed by atoms with van der Waals surface area (Å²) >= 11 is 0. The van der Waals surface area contributed by atoms with E-state index in [-0.39, 0.29) is 6.04 Å². The second kappa shape index (κ2) is 8.20. The van der Waals surface area contributed by atoms with E-state index >= 15 is 0 Å². The Hall–Kier alpha value is -2.70. The molecule has 1 aliphatic rings. The number of anilines is 1. The van der Waals surface area contributed by atoms with Gasteiger partial charge in [0.05, 0.1) is 18.2 Å². The van der Waals surface area contributed by atoms with Crippen LogP contribution in [-0.4, -0.2) is 35.3 Å². The quantitative estimate of drug-likeness (QED) is 0.594. The van der Waals surface area contributed by atoms with Gasteiger partial charge in [0.15, 0.2) is 0 Å². The van der Waals surface area contributed by atoms with Crippen molar-refractivity contribution < 1.29 is 9.84 Å². The fraction of sp³-hybridized carbons (Fsp3) is 0.417. The summed E-state index contributed by atoms with van der Waals surface area (Å²) in [6, 6.07) is 12.5. The smallest absolute Gasteiger partial charge is 0.138 e. The average Bonchev–Trinajstić information content (AvgIpc) is 2.73. The molecule has 0 unspecified atom stereocenters. The molecule has 158 valence electrons. The zero-order valence-electron chi connectivity index (χ0n) is 18.1. The van der Waals surface area contributed by atoms with Crippen molar-refractivity contribution in [2.75, 3.05) is 25.5 Å². The molecule has 0 aliphatic carbocycles. The van der Waals surface area contributed by atoms with Gasteiger partial charge in [0, 0.05) is 23.1 Å². The van der Waals surface area contributed by atoms with Gasteiger partial charge in [-0.05, 0) is 58.3 Å². The van der Waals surface area contributed by atoms with Gasteiger partial charge in [-0.25, -0.2) is 9.97 Å².